The summed E-state index contributed by atoms with van der Waals surface area (Å²) in [5, 5.41) is 12.2. The molecule has 0 fully saturated rings. The molecule has 2 atom stereocenters. The van der Waals surface area contributed by atoms with Crippen molar-refractivity contribution in [3.8, 4) is 11.5 Å². The smallest absolute Gasteiger partial charge is 0.250 e. The molecule has 37 heavy (non-hydrogen) atoms. The maximum atomic E-state index is 12.8. The van der Waals surface area contributed by atoms with Gasteiger partial charge in [-0.05, 0) is 59.5 Å². The van der Waals surface area contributed by atoms with Crippen molar-refractivity contribution in [1.29, 1.82) is 0 Å². The van der Waals surface area contributed by atoms with Gasteiger partial charge < -0.3 is 14.8 Å². The van der Waals surface area contributed by atoms with Crippen LogP contribution in [-0.4, -0.2) is 34.9 Å². The van der Waals surface area contributed by atoms with E-state index >= 15 is 0 Å². The molecule has 2 N–H and O–H groups in total. The van der Waals surface area contributed by atoms with Gasteiger partial charge >= 0.3 is 0 Å². The van der Waals surface area contributed by atoms with E-state index in [4.69, 9.17) is 32.7 Å². The fraction of sp³-hybridized carbons (Fsp3) is 0.222. The van der Waals surface area contributed by atoms with Crippen LogP contribution in [0.4, 0.5) is 11.9 Å². The zero-order chi connectivity index (χ0) is 25.9. The second kappa shape index (κ2) is 10.7. The zero-order valence-corrected chi connectivity index (χ0v) is 21.8. The molecule has 4 aromatic rings. The SMILES string of the molecule is COc1ccc(CC(=O)Nc2nc3n(n2)[C@H](c2ccc(Cl)cc2)C[C@H](c2ccc(Cl)cc2)N3)cc1OC. The lowest BCUT2D eigenvalue weighted by atomic mass is 9.93. The van der Waals surface area contributed by atoms with E-state index in [2.05, 4.69) is 20.7 Å². The summed E-state index contributed by atoms with van der Waals surface area (Å²) in [6.07, 6.45) is 0.852. The van der Waals surface area contributed by atoms with E-state index < -0.39 is 0 Å². The van der Waals surface area contributed by atoms with Crippen molar-refractivity contribution in [1.82, 2.24) is 14.8 Å². The highest BCUT2D eigenvalue weighted by atomic mass is 35.5. The molecule has 0 spiro atoms. The Kier molecular flexibility index (Phi) is 7.21. The van der Waals surface area contributed by atoms with E-state index in [9.17, 15) is 4.79 Å². The molecule has 1 aliphatic rings. The van der Waals surface area contributed by atoms with Crippen LogP contribution in [0.3, 0.4) is 0 Å². The lowest BCUT2D eigenvalue weighted by Gasteiger charge is -2.31. The Labute approximate surface area is 224 Å². The quantitative estimate of drug-likeness (QED) is 0.303. The van der Waals surface area contributed by atoms with Gasteiger partial charge in [-0.3, -0.25) is 10.1 Å². The highest BCUT2D eigenvalue weighted by molar-refractivity contribution is 6.30. The number of nitrogens with one attached hydrogen (secondary N) is 2. The van der Waals surface area contributed by atoms with Gasteiger partial charge in [-0.25, -0.2) is 4.68 Å². The lowest BCUT2D eigenvalue weighted by Crippen LogP contribution is -2.28. The number of ether oxygens (including phenoxy) is 2. The number of carbonyl (C=O) groups excluding carboxylic acids is 1. The molecular weight excluding hydrogens is 513 g/mol. The largest absolute Gasteiger partial charge is 0.493 e. The van der Waals surface area contributed by atoms with Crippen LogP contribution in [0.25, 0.3) is 0 Å². The Morgan fingerprint density at radius 3 is 2.27 bits per heavy atom. The Hall–Kier alpha value is -3.75. The van der Waals surface area contributed by atoms with Crippen LogP contribution in [0.2, 0.25) is 10.0 Å². The standard InChI is InChI=1S/C27H25Cl2N5O3/c1-36-23-12-3-16(13-24(23)37-2)14-25(35)31-26-32-27-30-21(17-4-8-19(28)9-5-17)15-22(34(27)33-26)18-6-10-20(29)11-7-18/h3-13,21-22H,14-15H2,1-2H3,(H2,30,31,32,33,35)/t21-,22+/m1/s1. The normalized spacial score (nSPS) is 16.4. The van der Waals surface area contributed by atoms with E-state index in [1.54, 1.807) is 26.4 Å². The molecule has 190 valence electrons. The molecule has 5 rings (SSSR count). The van der Waals surface area contributed by atoms with Gasteiger partial charge in [0.25, 0.3) is 5.95 Å². The van der Waals surface area contributed by atoms with Crippen LogP contribution in [0.15, 0.2) is 66.7 Å². The maximum Gasteiger partial charge on any atom is 0.250 e. The summed E-state index contributed by atoms with van der Waals surface area (Å²) in [6, 6.07) is 20.7. The highest BCUT2D eigenvalue weighted by Crippen LogP contribution is 2.38. The number of amides is 1. The summed E-state index contributed by atoms with van der Waals surface area (Å²) < 4.78 is 12.4. The van der Waals surface area contributed by atoms with Crippen molar-refractivity contribution in [3.05, 3.63) is 93.5 Å². The second-order valence-corrected chi connectivity index (χ2v) is 9.54. The molecule has 8 nitrogen and oxygen atoms in total. The Morgan fingerprint density at radius 1 is 0.973 bits per heavy atom. The predicted octanol–water partition coefficient (Wildman–Crippen LogP) is 5.93. The first-order chi connectivity index (χ1) is 17.9. The third-order valence-electron chi connectivity index (χ3n) is 6.28. The minimum Gasteiger partial charge on any atom is -0.493 e. The summed E-state index contributed by atoms with van der Waals surface area (Å²) in [6.45, 7) is 0. The molecule has 0 aliphatic carbocycles. The molecule has 0 saturated heterocycles. The number of anilines is 2. The number of carbonyl (C=O) groups is 1. The van der Waals surface area contributed by atoms with Crippen molar-refractivity contribution in [2.24, 2.45) is 0 Å². The number of methoxy groups -OCH3 is 2. The van der Waals surface area contributed by atoms with Crippen LogP contribution < -0.4 is 20.1 Å². The number of halogens is 2. The van der Waals surface area contributed by atoms with Crippen LogP contribution in [-0.2, 0) is 11.2 Å². The summed E-state index contributed by atoms with van der Waals surface area (Å²) >= 11 is 12.2. The summed E-state index contributed by atoms with van der Waals surface area (Å²) in [5.41, 5.74) is 2.90. The molecule has 0 unspecified atom stereocenters. The van der Waals surface area contributed by atoms with E-state index in [1.807, 2.05) is 59.3 Å². The molecule has 0 bridgehead atoms. The number of rotatable bonds is 7. The van der Waals surface area contributed by atoms with E-state index in [-0.39, 0.29) is 30.4 Å². The Morgan fingerprint density at radius 2 is 1.62 bits per heavy atom. The van der Waals surface area contributed by atoms with Gasteiger partial charge in [0.1, 0.15) is 0 Å². The molecule has 1 amide bonds. The second-order valence-electron chi connectivity index (χ2n) is 8.67. The minimum atomic E-state index is -0.243. The zero-order valence-electron chi connectivity index (χ0n) is 20.2. The first-order valence-corrected chi connectivity index (χ1v) is 12.4. The first-order valence-electron chi connectivity index (χ1n) is 11.7. The number of fused-ring (bicyclic) bond motifs is 1. The Bertz CT molecular complexity index is 1410. The average molecular weight is 538 g/mol. The number of nitrogens with zero attached hydrogens (tertiary/aromatic N) is 3. The topological polar surface area (TPSA) is 90.3 Å². The van der Waals surface area contributed by atoms with Gasteiger partial charge in [-0.1, -0.05) is 53.5 Å². The van der Waals surface area contributed by atoms with E-state index in [1.165, 1.54) is 0 Å². The number of benzene rings is 3. The summed E-state index contributed by atoms with van der Waals surface area (Å²) in [4.78, 5) is 17.4. The number of hydrogen-bond donors (Lipinski definition) is 2. The molecule has 0 radical (unpaired) electrons. The van der Waals surface area contributed by atoms with Gasteiger partial charge in [0.15, 0.2) is 11.5 Å². The molecular formula is C27H25Cl2N5O3. The van der Waals surface area contributed by atoms with Crippen molar-refractivity contribution in [2.75, 3.05) is 24.9 Å². The third-order valence-corrected chi connectivity index (χ3v) is 6.78. The van der Waals surface area contributed by atoms with Crippen LogP contribution in [0, 0.1) is 0 Å². The van der Waals surface area contributed by atoms with E-state index in [0.29, 0.717) is 27.5 Å². The van der Waals surface area contributed by atoms with E-state index in [0.717, 1.165) is 23.1 Å². The molecule has 0 saturated carbocycles. The number of hydrogen-bond acceptors (Lipinski definition) is 6. The van der Waals surface area contributed by atoms with Crippen LogP contribution >= 0.6 is 23.2 Å². The fourth-order valence-corrected chi connectivity index (χ4v) is 4.70. The molecule has 3 aromatic carbocycles. The maximum absolute atomic E-state index is 12.8. The predicted molar refractivity (Wildman–Crippen MR) is 144 cm³/mol. The van der Waals surface area contributed by atoms with Gasteiger partial charge in [0.2, 0.25) is 11.9 Å². The van der Waals surface area contributed by atoms with Crippen molar-refractivity contribution in [2.45, 2.75) is 24.9 Å². The van der Waals surface area contributed by atoms with Gasteiger partial charge in [0, 0.05) is 10.0 Å². The highest BCUT2D eigenvalue weighted by Gasteiger charge is 2.31. The fourth-order valence-electron chi connectivity index (χ4n) is 4.45. The summed E-state index contributed by atoms with van der Waals surface area (Å²) in [7, 11) is 3.13. The molecule has 10 heteroatoms. The average Bonchev–Trinajstić information content (AvgIpc) is 3.31. The monoisotopic (exact) mass is 537 g/mol. The first kappa shape index (κ1) is 24.9. The van der Waals surface area contributed by atoms with Gasteiger partial charge in [-0.2, -0.15) is 4.98 Å². The summed E-state index contributed by atoms with van der Waals surface area (Å²) in [5.74, 6) is 1.71. The lowest BCUT2D eigenvalue weighted by molar-refractivity contribution is -0.115. The van der Waals surface area contributed by atoms with Crippen molar-refractivity contribution in [3.63, 3.8) is 0 Å². The molecule has 1 aliphatic heterocycles. The van der Waals surface area contributed by atoms with Crippen molar-refractivity contribution < 1.29 is 14.3 Å². The molecule has 1 aromatic heterocycles. The Balaban J connectivity index is 1.39. The van der Waals surface area contributed by atoms with Gasteiger partial charge in [-0.15, -0.1) is 5.10 Å². The van der Waals surface area contributed by atoms with Crippen LogP contribution in [0.1, 0.15) is 35.2 Å². The van der Waals surface area contributed by atoms with Crippen molar-refractivity contribution >= 4 is 41.0 Å². The van der Waals surface area contributed by atoms with Gasteiger partial charge in [0.05, 0.1) is 32.7 Å². The number of aromatic nitrogens is 3. The molecule has 2 heterocycles. The van der Waals surface area contributed by atoms with Crippen LogP contribution in [0.5, 0.6) is 11.5 Å². The third kappa shape index (κ3) is 5.50. The minimum absolute atomic E-state index is 0.0232.